The first-order valence-corrected chi connectivity index (χ1v) is 17.0. The van der Waals surface area contributed by atoms with E-state index in [0.29, 0.717) is 23.0 Å². The lowest BCUT2D eigenvalue weighted by Crippen LogP contribution is -2.38. The van der Waals surface area contributed by atoms with E-state index in [1.807, 2.05) is 85.9 Å². The summed E-state index contributed by atoms with van der Waals surface area (Å²) in [4.78, 5) is 21.7. The molecule has 1 aliphatic rings. The Bertz CT molecular complexity index is 2070. The summed E-state index contributed by atoms with van der Waals surface area (Å²) in [6, 6.07) is 31.6. The summed E-state index contributed by atoms with van der Waals surface area (Å²) in [7, 11) is 1.82. The molecule has 0 spiro atoms. The summed E-state index contributed by atoms with van der Waals surface area (Å²) in [5, 5.41) is 25.1. The third-order valence-corrected chi connectivity index (χ3v) is 9.73. The average Bonchev–Trinajstić information content (AvgIpc) is 3.57. The molecule has 2 N–H and O–H groups in total. The van der Waals surface area contributed by atoms with Crippen molar-refractivity contribution in [2.24, 2.45) is 13.0 Å². The van der Waals surface area contributed by atoms with Crippen LogP contribution in [0.4, 0.5) is 0 Å². The highest BCUT2D eigenvalue weighted by Crippen LogP contribution is 2.43. The standard InChI is InChI=1S/C37H35N7O4S/c1-23-33(22-49-37-41-42-43-44(37)2)47-36(48-34(23)26-15-13-24(21-45)14-16-26)29-10-6-9-28(18-29)27-8-5-7-25(17-27)19-39-35(46)32-20-38-30-11-3-4-12-31(30)40-32/h3-18,20,23,33-34,36,45H,19,21-22H2,1-2H3,(H,39,46)/t23-,33+,34+,36+/m1/s1. The monoisotopic (exact) mass is 673 g/mol. The molecular formula is C37H35N7O4S. The first-order valence-electron chi connectivity index (χ1n) is 16.0. The summed E-state index contributed by atoms with van der Waals surface area (Å²) in [6.07, 6.45) is 0.483. The molecule has 12 heteroatoms. The minimum Gasteiger partial charge on any atom is -0.392 e. The maximum absolute atomic E-state index is 12.9. The van der Waals surface area contributed by atoms with E-state index in [2.05, 4.69) is 55.9 Å². The number of thioether (sulfide) groups is 1. The summed E-state index contributed by atoms with van der Waals surface area (Å²) < 4.78 is 15.0. The van der Waals surface area contributed by atoms with Crippen LogP contribution < -0.4 is 5.32 Å². The number of rotatable bonds is 10. The smallest absolute Gasteiger partial charge is 0.271 e. The van der Waals surface area contributed by atoms with Crippen LogP contribution >= 0.6 is 11.8 Å². The quantitative estimate of drug-likeness (QED) is 0.171. The number of benzene rings is 4. The molecule has 1 saturated heterocycles. The molecule has 0 unspecified atom stereocenters. The maximum Gasteiger partial charge on any atom is 0.271 e. The van der Waals surface area contributed by atoms with Crippen molar-refractivity contribution in [1.82, 2.24) is 35.5 Å². The molecule has 0 bridgehead atoms. The van der Waals surface area contributed by atoms with Crippen molar-refractivity contribution in [2.75, 3.05) is 5.75 Å². The molecular weight excluding hydrogens is 639 g/mol. The van der Waals surface area contributed by atoms with Crippen LogP contribution in [-0.4, -0.2) is 53.0 Å². The van der Waals surface area contributed by atoms with Gasteiger partial charge in [-0.3, -0.25) is 9.78 Å². The average molecular weight is 674 g/mol. The van der Waals surface area contributed by atoms with Gasteiger partial charge in [0.25, 0.3) is 5.91 Å². The Morgan fingerprint density at radius 2 is 1.67 bits per heavy atom. The van der Waals surface area contributed by atoms with Gasteiger partial charge < -0.3 is 19.9 Å². The predicted molar refractivity (Wildman–Crippen MR) is 185 cm³/mol. The van der Waals surface area contributed by atoms with Crippen molar-refractivity contribution < 1.29 is 19.4 Å². The number of aliphatic hydroxyl groups excluding tert-OH is 1. The van der Waals surface area contributed by atoms with E-state index in [0.717, 1.165) is 38.9 Å². The molecule has 1 amide bonds. The number of fused-ring (bicyclic) bond motifs is 1. The largest absolute Gasteiger partial charge is 0.392 e. The highest BCUT2D eigenvalue weighted by Gasteiger charge is 2.38. The molecule has 4 atom stereocenters. The van der Waals surface area contributed by atoms with Gasteiger partial charge >= 0.3 is 0 Å². The Morgan fingerprint density at radius 1 is 0.898 bits per heavy atom. The number of aryl methyl sites for hydroxylation is 1. The topological polar surface area (TPSA) is 137 Å². The minimum absolute atomic E-state index is 0.0163. The van der Waals surface area contributed by atoms with Gasteiger partial charge in [-0.1, -0.05) is 91.5 Å². The van der Waals surface area contributed by atoms with Crippen LogP contribution in [0, 0.1) is 5.92 Å². The lowest BCUT2D eigenvalue weighted by atomic mass is 9.91. The number of nitrogens with one attached hydrogen (secondary N) is 1. The van der Waals surface area contributed by atoms with Crippen molar-refractivity contribution in [1.29, 1.82) is 0 Å². The Kier molecular flexibility index (Phi) is 9.71. The van der Waals surface area contributed by atoms with E-state index < -0.39 is 6.29 Å². The van der Waals surface area contributed by atoms with Gasteiger partial charge in [0.05, 0.1) is 36.0 Å². The number of aliphatic hydroxyl groups is 1. The van der Waals surface area contributed by atoms with Gasteiger partial charge in [0.1, 0.15) is 5.69 Å². The van der Waals surface area contributed by atoms with Gasteiger partial charge in [-0.05, 0) is 62.5 Å². The number of ether oxygens (including phenoxy) is 2. The number of aromatic nitrogens is 6. The molecule has 248 valence electrons. The molecule has 7 rings (SSSR count). The highest BCUT2D eigenvalue weighted by molar-refractivity contribution is 7.99. The van der Waals surface area contributed by atoms with Crippen molar-refractivity contribution in [2.45, 2.75) is 43.7 Å². The van der Waals surface area contributed by atoms with Crippen LogP contribution in [0.1, 0.15) is 52.1 Å². The van der Waals surface area contributed by atoms with Crippen LogP contribution in [-0.2, 0) is 29.7 Å². The van der Waals surface area contributed by atoms with Crippen molar-refractivity contribution in [3.05, 3.63) is 131 Å². The third-order valence-electron chi connectivity index (χ3n) is 8.63. The number of nitrogens with zero attached hydrogens (tertiary/aromatic N) is 6. The fourth-order valence-corrected chi connectivity index (χ4v) is 6.89. The first kappa shape index (κ1) is 32.5. The van der Waals surface area contributed by atoms with E-state index in [1.165, 1.54) is 6.20 Å². The van der Waals surface area contributed by atoms with E-state index in [-0.39, 0.29) is 36.3 Å². The Morgan fingerprint density at radius 3 is 2.45 bits per heavy atom. The molecule has 1 aliphatic heterocycles. The zero-order chi connectivity index (χ0) is 33.7. The van der Waals surface area contributed by atoms with E-state index in [1.54, 1.807) is 16.4 Å². The van der Waals surface area contributed by atoms with Crippen LogP contribution in [0.3, 0.4) is 0 Å². The fourth-order valence-electron chi connectivity index (χ4n) is 5.88. The Hall–Kier alpha value is -5.01. The normalized spacial score (nSPS) is 19.2. The number of carbonyl (C=O) groups excluding carboxylic acids is 1. The second-order valence-electron chi connectivity index (χ2n) is 12.0. The molecule has 11 nitrogen and oxygen atoms in total. The van der Waals surface area contributed by atoms with Gasteiger partial charge in [0, 0.05) is 30.8 Å². The Balaban J connectivity index is 1.09. The van der Waals surface area contributed by atoms with Crippen LogP contribution in [0.25, 0.3) is 22.2 Å². The molecule has 1 fully saturated rings. The predicted octanol–water partition coefficient (Wildman–Crippen LogP) is 5.83. The number of hydrogen-bond acceptors (Lipinski definition) is 10. The SMILES string of the molecule is C[C@@H]1[C@H](CSc2nnnn2C)O[C@H](c2cccc(-c3cccc(CNC(=O)c4cnc5ccccc5n4)c3)c2)O[C@@H]1c1ccc(CO)cc1. The van der Waals surface area contributed by atoms with Crippen LogP contribution in [0.5, 0.6) is 0 Å². The second kappa shape index (κ2) is 14.6. The Labute approximate surface area is 287 Å². The van der Waals surface area contributed by atoms with Gasteiger partial charge in [-0.15, -0.1) is 5.10 Å². The lowest BCUT2D eigenvalue weighted by molar-refractivity contribution is -0.268. The second-order valence-corrected chi connectivity index (χ2v) is 13.0. The molecule has 0 saturated carbocycles. The summed E-state index contributed by atoms with van der Waals surface area (Å²) in [5.74, 6) is 0.384. The molecule has 49 heavy (non-hydrogen) atoms. The highest BCUT2D eigenvalue weighted by atomic mass is 32.2. The van der Waals surface area contributed by atoms with Crippen molar-refractivity contribution >= 4 is 28.7 Å². The molecule has 0 aliphatic carbocycles. The number of amides is 1. The van der Waals surface area contributed by atoms with E-state index in [9.17, 15) is 9.90 Å². The zero-order valence-corrected chi connectivity index (χ0v) is 27.8. The van der Waals surface area contributed by atoms with E-state index in [4.69, 9.17) is 9.47 Å². The lowest BCUT2D eigenvalue weighted by Gasteiger charge is -2.41. The number of hydrogen-bond donors (Lipinski definition) is 2. The van der Waals surface area contributed by atoms with Gasteiger partial charge in [-0.25, -0.2) is 9.67 Å². The van der Waals surface area contributed by atoms with Gasteiger partial charge in [-0.2, -0.15) is 0 Å². The van der Waals surface area contributed by atoms with E-state index >= 15 is 0 Å². The summed E-state index contributed by atoms with van der Waals surface area (Å²) in [6.45, 7) is 2.45. The molecule has 0 radical (unpaired) electrons. The number of para-hydroxylation sites is 2. The van der Waals surface area contributed by atoms with Crippen LogP contribution in [0.2, 0.25) is 0 Å². The maximum atomic E-state index is 12.9. The number of tetrazole rings is 1. The van der Waals surface area contributed by atoms with Crippen molar-refractivity contribution in [3.63, 3.8) is 0 Å². The van der Waals surface area contributed by atoms with Gasteiger partial charge in [0.2, 0.25) is 5.16 Å². The summed E-state index contributed by atoms with van der Waals surface area (Å²) >= 11 is 1.55. The molecule has 6 aromatic rings. The fraction of sp³-hybridized carbons (Fsp3) is 0.243. The number of carbonyl (C=O) groups is 1. The zero-order valence-electron chi connectivity index (χ0n) is 27.0. The minimum atomic E-state index is -0.618. The molecule has 3 heterocycles. The summed E-state index contributed by atoms with van der Waals surface area (Å²) in [5.41, 5.74) is 7.41. The van der Waals surface area contributed by atoms with Crippen molar-refractivity contribution in [3.8, 4) is 11.1 Å². The van der Waals surface area contributed by atoms with Crippen LogP contribution in [0.15, 0.2) is 108 Å². The third kappa shape index (κ3) is 7.37. The molecule has 2 aromatic heterocycles. The molecule has 4 aromatic carbocycles. The van der Waals surface area contributed by atoms with Gasteiger partial charge in [0.15, 0.2) is 6.29 Å². The first-order chi connectivity index (χ1) is 23.9.